The summed E-state index contributed by atoms with van der Waals surface area (Å²) in [6.45, 7) is 3.51. The number of methoxy groups -OCH3 is 2. The number of hydrogen-bond acceptors (Lipinski definition) is 5. The van der Waals surface area contributed by atoms with E-state index in [0.29, 0.717) is 5.56 Å². The van der Waals surface area contributed by atoms with Gasteiger partial charge in [0.25, 0.3) is 0 Å². The van der Waals surface area contributed by atoms with E-state index in [-0.39, 0.29) is 18.1 Å². The van der Waals surface area contributed by atoms with E-state index < -0.39 is 0 Å². The van der Waals surface area contributed by atoms with Gasteiger partial charge in [-0.2, -0.15) is 0 Å². The third kappa shape index (κ3) is 2.94. The molecule has 1 aromatic rings. The van der Waals surface area contributed by atoms with Gasteiger partial charge >= 0.3 is 5.97 Å². The van der Waals surface area contributed by atoms with E-state index >= 15 is 0 Å². The topological polar surface area (TPSA) is 64.8 Å². The van der Waals surface area contributed by atoms with Gasteiger partial charge in [0, 0.05) is 31.9 Å². The maximum absolute atomic E-state index is 11.8. The Morgan fingerprint density at radius 2 is 2.15 bits per heavy atom. The van der Waals surface area contributed by atoms with Crippen molar-refractivity contribution in [2.24, 2.45) is 5.73 Å². The molecule has 0 aromatic heterocycles. The first-order valence-electron chi connectivity index (χ1n) is 6.79. The predicted octanol–water partition coefficient (Wildman–Crippen LogP) is 1.33. The summed E-state index contributed by atoms with van der Waals surface area (Å²) in [4.78, 5) is 14.0. The monoisotopic (exact) mass is 278 g/mol. The molecule has 1 fully saturated rings. The average molecular weight is 278 g/mol. The summed E-state index contributed by atoms with van der Waals surface area (Å²) < 4.78 is 10.2. The minimum Gasteiger partial charge on any atom is -0.465 e. The first-order valence-corrected chi connectivity index (χ1v) is 6.79. The molecule has 1 heterocycles. The van der Waals surface area contributed by atoms with Crippen LogP contribution in [0.2, 0.25) is 0 Å². The molecular weight excluding hydrogens is 256 g/mol. The van der Waals surface area contributed by atoms with Crippen molar-refractivity contribution in [1.82, 2.24) is 0 Å². The number of hydrogen-bond donors (Lipinski definition) is 1. The second-order valence-electron chi connectivity index (χ2n) is 5.16. The zero-order valence-corrected chi connectivity index (χ0v) is 12.3. The molecule has 0 spiro atoms. The SMILES string of the molecule is COC(=O)c1cc(N2CC[C@@H](N)[C@@H](OC)C2)ccc1C. The largest absolute Gasteiger partial charge is 0.465 e. The predicted molar refractivity (Wildman–Crippen MR) is 78.1 cm³/mol. The number of benzene rings is 1. The van der Waals surface area contributed by atoms with Crippen LogP contribution in [-0.2, 0) is 9.47 Å². The van der Waals surface area contributed by atoms with E-state index in [2.05, 4.69) is 4.90 Å². The summed E-state index contributed by atoms with van der Waals surface area (Å²) in [5.74, 6) is -0.304. The van der Waals surface area contributed by atoms with Gasteiger partial charge in [0.15, 0.2) is 0 Å². The summed E-state index contributed by atoms with van der Waals surface area (Å²) in [5.41, 5.74) is 8.55. The van der Waals surface area contributed by atoms with E-state index in [4.69, 9.17) is 15.2 Å². The van der Waals surface area contributed by atoms with E-state index in [0.717, 1.165) is 30.8 Å². The number of ether oxygens (including phenoxy) is 2. The lowest BCUT2D eigenvalue weighted by atomic mass is 10.0. The van der Waals surface area contributed by atoms with Crippen LogP contribution >= 0.6 is 0 Å². The van der Waals surface area contributed by atoms with Crippen LogP contribution in [-0.4, -0.2) is 45.4 Å². The van der Waals surface area contributed by atoms with Gasteiger partial charge < -0.3 is 20.1 Å². The van der Waals surface area contributed by atoms with Crippen LogP contribution in [0.3, 0.4) is 0 Å². The second kappa shape index (κ2) is 6.24. The standard InChI is InChI=1S/C15H22N2O3/c1-10-4-5-11(8-12(10)15(18)20-3)17-7-6-13(16)14(9-17)19-2/h4-5,8,13-14H,6-7,9,16H2,1-3H3/t13-,14+/m1/s1. The molecule has 1 aromatic carbocycles. The van der Waals surface area contributed by atoms with E-state index in [1.165, 1.54) is 7.11 Å². The lowest BCUT2D eigenvalue weighted by Crippen LogP contribution is -2.51. The molecule has 0 aliphatic carbocycles. The Labute approximate surface area is 119 Å². The number of aryl methyl sites for hydroxylation is 1. The maximum Gasteiger partial charge on any atom is 0.338 e. The molecule has 0 amide bonds. The first kappa shape index (κ1) is 14.8. The number of anilines is 1. The summed E-state index contributed by atoms with van der Waals surface area (Å²) in [5, 5.41) is 0. The van der Waals surface area contributed by atoms with Crippen LogP contribution < -0.4 is 10.6 Å². The smallest absolute Gasteiger partial charge is 0.338 e. The summed E-state index contributed by atoms with van der Waals surface area (Å²) in [6, 6.07) is 5.91. The first-order chi connectivity index (χ1) is 9.56. The second-order valence-corrected chi connectivity index (χ2v) is 5.16. The average Bonchev–Trinajstić information content (AvgIpc) is 2.47. The van der Waals surface area contributed by atoms with Gasteiger partial charge in [-0.3, -0.25) is 0 Å². The highest BCUT2D eigenvalue weighted by Crippen LogP contribution is 2.24. The third-order valence-electron chi connectivity index (χ3n) is 3.90. The Morgan fingerprint density at radius 3 is 2.80 bits per heavy atom. The Hall–Kier alpha value is -1.59. The van der Waals surface area contributed by atoms with E-state index in [1.807, 2.05) is 25.1 Å². The quantitative estimate of drug-likeness (QED) is 0.845. The third-order valence-corrected chi connectivity index (χ3v) is 3.90. The zero-order chi connectivity index (χ0) is 14.7. The number of piperidine rings is 1. The molecule has 2 atom stereocenters. The molecule has 5 nitrogen and oxygen atoms in total. The van der Waals surface area contributed by atoms with Crippen LogP contribution in [0.25, 0.3) is 0 Å². The molecule has 0 saturated carbocycles. The molecule has 2 rings (SSSR count). The van der Waals surface area contributed by atoms with E-state index in [1.54, 1.807) is 7.11 Å². The van der Waals surface area contributed by atoms with Crippen LogP contribution in [0.5, 0.6) is 0 Å². The molecule has 0 unspecified atom stereocenters. The van der Waals surface area contributed by atoms with Crippen molar-refractivity contribution in [2.45, 2.75) is 25.5 Å². The van der Waals surface area contributed by atoms with Crippen LogP contribution in [0.4, 0.5) is 5.69 Å². The highest BCUT2D eigenvalue weighted by Gasteiger charge is 2.27. The van der Waals surface area contributed by atoms with Crippen molar-refractivity contribution in [3.05, 3.63) is 29.3 Å². The lowest BCUT2D eigenvalue weighted by Gasteiger charge is -2.37. The lowest BCUT2D eigenvalue weighted by molar-refractivity contribution is 0.0600. The van der Waals surface area contributed by atoms with Crippen LogP contribution in [0.1, 0.15) is 22.3 Å². The van der Waals surface area contributed by atoms with Gasteiger partial charge in [-0.1, -0.05) is 6.07 Å². The fourth-order valence-corrected chi connectivity index (χ4v) is 2.56. The van der Waals surface area contributed by atoms with Crippen LogP contribution in [0.15, 0.2) is 18.2 Å². The zero-order valence-electron chi connectivity index (χ0n) is 12.3. The van der Waals surface area contributed by atoms with Crippen molar-refractivity contribution in [2.75, 3.05) is 32.2 Å². The van der Waals surface area contributed by atoms with Gasteiger partial charge in [0.2, 0.25) is 0 Å². The summed E-state index contributed by atoms with van der Waals surface area (Å²) in [6.07, 6.45) is 0.895. The number of carbonyl (C=O) groups excluding carboxylic acids is 1. The molecule has 110 valence electrons. The highest BCUT2D eigenvalue weighted by molar-refractivity contribution is 5.92. The van der Waals surface area contributed by atoms with Crippen molar-refractivity contribution >= 4 is 11.7 Å². The Bertz CT molecular complexity index is 490. The summed E-state index contributed by atoms with van der Waals surface area (Å²) in [7, 11) is 3.08. The molecule has 1 aliphatic heterocycles. The van der Waals surface area contributed by atoms with Crippen molar-refractivity contribution in [3.8, 4) is 0 Å². The number of esters is 1. The Morgan fingerprint density at radius 1 is 1.40 bits per heavy atom. The fourth-order valence-electron chi connectivity index (χ4n) is 2.56. The number of nitrogens with zero attached hydrogens (tertiary/aromatic N) is 1. The normalized spacial score (nSPS) is 22.7. The van der Waals surface area contributed by atoms with Crippen molar-refractivity contribution in [1.29, 1.82) is 0 Å². The van der Waals surface area contributed by atoms with Gasteiger partial charge in [-0.05, 0) is 31.0 Å². The molecular formula is C15H22N2O3. The number of nitrogens with two attached hydrogens (primary N) is 1. The fraction of sp³-hybridized carbons (Fsp3) is 0.533. The minimum absolute atomic E-state index is 0.0200. The number of rotatable bonds is 3. The Kier molecular flexibility index (Phi) is 4.62. The molecule has 20 heavy (non-hydrogen) atoms. The van der Waals surface area contributed by atoms with Gasteiger partial charge in [-0.25, -0.2) is 4.79 Å². The van der Waals surface area contributed by atoms with Crippen molar-refractivity contribution < 1.29 is 14.3 Å². The van der Waals surface area contributed by atoms with E-state index in [9.17, 15) is 4.79 Å². The summed E-state index contributed by atoms with van der Waals surface area (Å²) >= 11 is 0. The molecule has 1 aliphatic rings. The van der Waals surface area contributed by atoms with Crippen LogP contribution in [0, 0.1) is 6.92 Å². The highest BCUT2D eigenvalue weighted by atomic mass is 16.5. The van der Waals surface area contributed by atoms with Crippen molar-refractivity contribution in [3.63, 3.8) is 0 Å². The molecule has 0 bridgehead atoms. The van der Waals surface area contributed by atoms with Gasteiger partial charge in [-0.15, -0.1) is 0 Å². The molecule has 5 heteroatoms. The molecule has 1 saturated heterocycles. The molecule has 2 N–H and O–H groups in total. The Balaban J connectivity index is 2.23. The molecule has 0 radical (unpaired) electrons. The van der Waals surface area contributed by atoms with Gasteiger partial charge in [0.1, 0.15) is 0 Å². The maximum atomic E-state index is 11.8. The minimum atomic E-state index is -0.304. The number of carbonyl (C=O) groups is 1. The van der Waals surface area contributed by atoms with Gasteiger partial charge in [0.05, 0.1) is 18.8 Å².